The number of rotatable bonds is 18. The summed E-state index contributed by atoms with van der Waals surface area (Å²) in [6.07, 6.45) is 12.5. The van der Waals surface area contributed by atoms with Crippen LogP contribution in [0.3, 0.4) is 0 Å². The van der Waals surface area contributed by atoms with Gasteiger partial charge in [0.05, 0.1) is 6.10 Å². The van der Waals surface area contributed by atoms with Gasteiger partial charge in [0.1, 0.15) is 6.10 Å². The minimum absolute atomic E-state index is 0.0408. The maximum Gasteiger partial charge on any atom is 0.342 e. The van der Waals surface area contributed by atoms with E-state index in [4.69, 9.17) is 14.5 Å². The molecule has 0 aromatic rings. The minimum Gasteiger partial charge on any atom is -0.378 e. The van der Waals surface area contributed by atoms with Gasteiger partial charge in [-0.3, -0.25) is 4.89 Å². The van der Waals surface area contributed by atoms with Crippen LogP contribution < -0.4 is 0 Å². The second-order valence-electron chi connectivity index (χ2n) is 7.41. The lowest BCUT2D eigenvalue weighted by Gasteiger charge is -2.24. The highest BCUT2D eigenvalue weighted by atomic mass is 17.2. The number of hydrogen-bond donors (Lipinski definition) is 0. The largest absolute Gasteiger partial charge is 0.378 e. The lowest BCUT2D eigenvalue weighted by Crippen LogP contribution is -2.24. The van der Waals surface area contributed by atoms with E-state index < -0.39 is 0 Å². The number of unbranched alkanes of at least 4 members (excludes halogenated alkanes) is 4. The zero-order chi connectivity index (χ0) is 19.6. The van der Waals surface area contributed by atoms with Crippen LogP contribution in [0.5, 0.6) is 0 Å². The third-order valence-electron chi connectivity index (χ3n) is 4.99. The molecule has 4 heteroatoms. The average Bonchev–Trinajstić information content (AvgIpc) is 2.65. The predicted octanol–water partition coefficient (Wildman–Crippen LogP) is 6.61. The molecule has 0 amide bonds. The predicted molar refractivity (Wildman–Crippen MR) is 108 cm³/mol. The Labute approximate surface area is 162 Å². The fourth-order valence-corrected chi connectivity index (χ4v) is 3.16. The third-order valence-corrected chi connectivity index (χ3v) is 4.99. The zero-order valence-electron chi connectivity index (χ0n) is 18.1. The van der Waals surface area contributed by atoms with Crippen LogP contribution in [0.25, 0.3) is 0 Å². The van der Waals surface area contributed by atoms with Gasteiger partial charge in [0.25, 0.3) is 0 Å². The Kier molecular flexibility index (Phi) is 17.4. The standard InChI is InChI=1S/C22H44O4/c1-6-11-12-13-14-16-22(23)26-25-21(10-5)17-19(15-7-2)18-24-20(8-3)9-4/h19-21H,6-18H2,1-5H3. The summed E-state index contributed by atoms with van der Waals surface area (Å²) in [4.78, 5) is 22.4. The molecule has 0 aliphatic rings. The van der Waals surface area contributed by atoms with Crippen molar-refractivity contribution in [2.24, 2.45) is 5.92 Å². The summed E-state index contributed by atoms with van der Waals surface area (Å²) in [5.41, 5.74) is 0. The van der Waals surface area contributed by atoms with E-state index in [1.165, 1.54) is 19.3 Å². The van der Waals surface area contributed by atoms with Crippen molar-refractivity contribution < 1.29 is 19.3 Å². The number of carbonyl (C=O) groups excluding carboxylic acids is 1. The summed E-state index contributed by atoms with van der Waals surface area (Å²) in [6.45, 7) is 11.6. The molecule has 0 rings (SSSR count). The molecule has 156 valence electrons. The van der Waals surface area contributed by atoms with Gasteiger partial charge in [-0.05, 0) is 44.4 Å². The molecular weight excluding hydrogens is 328 g/mol. The minimum atomic E-state index is -0.236. The summed E-state index contributed by atoms with van der Waals surface area (Å²) in [5, 5.41) is 0. The van der Waals surface area contributed by atoms with Crippen LogP contribution in [0.1, 0.15) is 112 Å². The molecule has 0 aliphatic carbocycles. The van der Waals surface area contributed by atoms with Crippen LogP contribution in [-0.4, -0.2) is 24.8 Å². The van der Waals surface area contributed by atoms with Crippen molar-refractivity contribution in [1.29, 1.82) is 0 Å². The van der Waals surface area contributed by atoms with Gasteiger partial charge in [0.15, 0.2) is 0 Å². The molecule has 0 bridgehead atoms. The maximum absolute atomic E-state index is 11.8. The second kappa shape index (κ2) is 17.8. The molecule has 2 unspecified atom stereocenters. The summed E-state index contributed by atoms with van der Waals surface area (Å²) < 4.78 is 6.05. The van der Waals surface area contributed by atoms with Gasteiger partial charge in [-0.2, -0.15) is 4.89 Å². The first-order valence-corrected chi connectivity index (χ1v) is 11.1. The molecule has 0 radical (unpaired) electrons. The summed E-state index contributed by atoms with van der Waals surface area (Å²) >= 11 is 0. The van der Waals surface area contributed by atoms with Gasteiger partial charge in [-0.15, -0.1) is 0 Å². The fraction of sp³-hybridized carbons (Fsp3) is 0.955. The van der Waals surface area contributed by atoms with Crippen LogP contribution in [-0.2, 0) is 19.3 Å². The first kappa shape index (κ1) is 25.4. The Morgan fingerprint density at radius 3 is 2.04 bits per heavy atom. The molecule has 0 spiro atoms. The van der Waals surface area contributed by atoms with Crippen LogP contribution in [0.15, 0.2) is 0 Å². The summed E-state index contributed by atoms with van der Waals surface area (Å²) in [5.74, 6) is 0.221. The second-order valence-corrected chi connectivity index (χ2v) is 7.41. The van der Waals surface area contributed by atoms with Crippen molar-refractivity contribution in [2.75, 3.05) is 6.61 Å². The van der Waals surface area contributed by atoms with Crippen LogP contribution in [0.2, 0.25) is 0 Å². The van der Waals surface area contributed by atoms with E-state index in [9.17, 15) is 4.79 Å². The van der Waals surface area contributed by atoms with E-state index >= 15 is 0 Å². The molecule has 2 atom stereocenters. The first-order chi connectivity index (χ1) is 12.6. The van der Waals surface area contributed by atoms with Crippen molar-refractivity contribution >= 4 is 5.97 Å². The monoisotopic (exact) mass is 372 g/mol. The molecule has 26 heavy (non-hydrogen) atoms. The van der Waals surface area contributed by atoms with E-state index in [0.717, 1.165) is 58.0 Å². The van der Waals surface area contributed by atoms with E-state index in [0.29, 0.717) is 18.4 Å². The smallest absolute Gasteiger partial charge is 0.342 e. The molecule has 0 saturated heterocycles. The first-order valence-electron chi connectivity index (χ1n) is 11.1. The Hall–Kier alpha value is -0.610. The Morgan fingerprint density at radius 2 is 1.46 bits per heavy atom. The molecular formula is C22H44O4. The highest BCUT2D eigenvalue weighted by Gasteiger charge is 2.19. The van der Waals surface area contributed by atoms with E-state index in [1.807, 2.05) is 0 Å². The molecule has 0 heterocycles. The zero-order valence-corrected chi connectivity index (χ0v) is 18.1. The van der Waals surface area contributed by atoms with Gasteiger partial charge >= 0.3 is 5.97 Å². The van der Waals surface area contributed by atoms with E-state index in [-0.39, 0.29) is 12.1 Å². The molecule has 0 saturated carbocycles. The van der Waals surface area contributed by atoms with Crippen molar-refractivity contribution in [3.63, 3.8) is 0 Å². The third kappa shape index (κ3) is 13.6. The van der Waals surface area contributed by atoms with Gasteiger partial charge in [-0.1, -0.05) is 66.7 Å². The van der Waals surface area contributed by atoms with Crippen molar-refractivity contribution in [1.82, 2.24) is 0 Å². The van der Waals surface area contributed by atoms with Crippen LogP contribution in [0.4, 0.5) is 0 Å². The molecule has 0 aliphatic heterocycles. The topological polar surface area (TPSA) is 44.8 Å². The van der Waals surface area contributed by atoms with Crippen LogP contribution >= 0.6 is 0 Å². The number of carbonyl (C=O) groups is 1. The van der Waals surface area contributed by atoms with Gasteiger partial charge in [0, 0.05) is 13.0 Å². The van der Waals surface area contributed by atoms with E-state index in [1.54, 1.807) is 0 Å². The van der Waals surface area contributed by atoms with Crippen molar-refractivity contribution in [3.8, 4) is 0 Å². The molecule has 0 N–H and O–H groups in total. The molecule has 4 nitrogen and oxygen atoms in total. The Balaban J connectivity index is 4.15. The normalized spacial score (nSPS) is 13.8. The lowest BCUT2D eigenvalue weighted by atomic mass is 9.96. The molecule has 0 fully saturated rings. The highest BCUT2D eigenvalue weighted by Crippen LogP contribution is 2.20. The Bertz CT molecular complexity index is 315. The quantitative estimate of drug-likeness (QED) is 0.154. The summed E-state index contributed by atoms with van der Waals surface area (Å²) in [7, 11) is 0. The molecule has 0 aromatic heterocycles. The SMILES string of the molecule is CCCCCCCC(=O)OOC(CC)CC(CCC)COC(CC)CC. The number of ether oxygens (including phenoxy) is 1. The summed E-state index contributed by atoms with van der Waals surface area (Å²) in [6, 6.07) is 0. The number of hydrogen-bond acceptors (Lipinski definition) is 4. The average molecular weight is 373 g/mol. The Morgan fingerprint density at radius 1 is 0.808 bits per heavy atom. The molecule has 0 aromatic carbocycles. The fourth-order valence-electron chi connectivity index (χ4n) is 3.16. The van der Waals surface area contributed by atoms with Crippen molar-refractivity contribution in [3.05, 3.63) is 0 Å². The van der Waals surface area contributed by atoms with Crippen LogP contribution in [0, 0.1) is 5.92 Å². The van der Waals surface area contributed by atoms with Gasteiger partial charge < -0.3 is 4.74 Å². The van der Waals surface area contributed by atoms with Gasteiger partial charge in [0.2, 0.25) is 0 Å². The lowest BCUT2D eigenvalue weighted by molar-refractivity contribution is -0.301. The maximum atomic E-state index is 11.8. The van der Waals surface area contributed by atoms with Crippen molar-refractivity contribution in [2.45, 2.75) is 124 Å². The van der Waals surface area contributed by atoms with E-state index in [2.05, 4.69) is 34.6 Å². The highest BCUT2D eigenvalue weighted by molar-refractivity contribution is 5.68. The van der Waals surface area contributed by atoms with Gasteiger partial charge in [-0.25, -0.2) is 4.79 Å².